The van der Waals surface area contributed by atoms with Crippen LogP contribution in [0.4, 0.5) is 0 Å². The van der Waals surface area contributed by atoms with Gasteiger partial charge < -0.3 is 11.1 Å². The molecule has 18 heavy (non-hydrogen) atoms. The quantitative estimate of drug-likeness (QED) is 0.901. The van der Waals surface area contributed by atoms with Crippen LogP contribution in [0, 0.1) is 0 Å². The molecule has 6 heteroatoms. The van der Waals surface area contributed by atoms with Crippen molar-refractivity contribution >= 4 is 41.5 Å². The normalized spacial score (nSPS) is 17.6. The summed E-state index contributed by atoms with van der Waals surface area (Å²) in [5.41, 5.74) is 5.99. The SMILES string of the molecule is CC(NC(=O)C1(N)CC1)c1ccc(Cl)cc1Cl.Cl. The Bertz CT molecular complexity index is 461. The Balaban J connectivity index is 0.00000162. The van der Waals surface area contributed by atoms with E-state index in [4.69, 9.17) is 28.9 Å². The Morgan fingerprint density at radius 2 is 2.06 bits per heavy atom. The van der Waals surface area contributed by atoms with E-state index in [-0.39, 0.29) is 24.4 Å². The van der Waals surface area contributed by atoms with Gasteiger partial charge >= 0.3 is 0 Å². The smallest absolute Gasteiger partial charge is 0.240 e. The zero-order valence-corrected chi connectivity index (χ0v) is 12.2. The minimum Gasteiger partial charge on any atom is -0.348 e. The highest BCUT2D eigenvalue weighted by atomic mass is 35.5. The Labute approximate surface area is 122 Å². The maximum atomic E-state index is 11.8. The van der Waals surface area contributed by atoms with Crippen molar-refractivity contribution in [2.75, 3.05) is 0 Å². The molecule has 1 unspecified atom stereocenters. The lowest BCUT2D eigenvalue weighted by molar-refractivity contribution is -0.123. The van der Waals surface area contributed by atoms with Gasteiger partial charge in [0, 0.05) is 10.0 Å². The van der Waals surface area contributed by atoms with Crippen LogP contribution in [-0.2, 0) is 4.79 Å². The number of hydrogen-bond donors (Lipinski definition) is 2. The molecular weight excluding hydrogens is 295 g/mol. The molecule has 3 N–H and O–H groups in total. The summed E-state index contributed by atoms with van der Waals surface area (Å²) in [7, 11) is 0. The molecule has 1 amide bonds. The van der Waals surface area contributed by atoms with Crippen LogP contribution in [0.3, 0.4) is 0 Å². The number of carbonyl (C=O) groups is 1. The average Bonchev–Trinajstić information content (AvgIpc) is 2.97. The molecule has 1 saturated carbocycles. The van der Waals surface area contributed by atoms with Crippen LogP contribution in [0.5, 0.6) is 0 Å². The monoisotopic (exact) mass is 308 g/mol. The number of nitrogens with two attached hydrogens (primary N) is 1. The van der Waals surface area contributed by atoms with Crippen LogP contribution in [0.25, 0.3) is 0 Å². The summed E-state index contributed by atoms with van der Waals surface area (Å²) in [6, 6.07) is 5.05. The van der Waals surface area contributed by atoms with Gasteiger partial charge in [0.15, 0.2) is 0 Å². The maximum Gasteiger partial charge on any atom is 0.240 e. The highest BCUT2D eigenvalue weighted by molar-refractivity contribution is 6.35. The lowest BCUT2D eigenvalue weighted by Crippen LogP contribution is -2.43. The molecule has 0 aliphatic heterocycles. The molecular formula is C12H15Cl3N2O. The van der Waals surface area contributed by atoms with Gasteiger partial charge in [-0.15, -0.1) is 12.4 Å². The second-order valence-corrected chi connectivity index (χ2v) is 5.36. The van der Waals surface area contributed by atoms with Crippen LogP contribution >= 0.6 is 35.6 Å². The fourth-order valence-electron chi connectivity index (χ4n) is 1.63. The van der Waals surface area contributed by atoms with E-state index < -0.39 is 5.54 Å². The largest absolute Gasteiger partial charge is 0.348 e. The van der Waals surface area contributed by atoms with Crippen molar-refractivity contribution in [3.8, 4) is 0 Å². The number of nitrogens with one attached hydrogen (secondary N) is 1. The van der Waals surface area contributed by atoms with Crippen molar-refractivity contribution in [3.05, 3.63) is 33.8 Å². The minimum atomic E-state index is -0.660. The number of halogens is 3. The van der Waals surface area contributed by atoms with E-state index in [1.54, 1.807) is 12.1 Å². The van der Waals surface area contributed by atoms with Gasteiger partial charge in [0.2, 0.25) is 5.91 Å². The van der Waals surface area contributed by atoms with Gasteiger partial charge in [0.1, 0.15) is 0 Å². The van der Waals surface area contributed by atoms with Crippen LogP contribution in [0.2, 0.25) is 10.0 Å². The number of benzene rings is 1. The summed E-state index contributed by atoms with van der Waals surface area (Å²) in [5.74, 6) is -0.115. The Morgan fingerprint density at radius 3 is 2.56 bits per heavy atom. The summed E-state index contributed by atoms with van der Waals surface area (Å²) in [6.45, 7) is 1.87. The van der Waals surface area contributed by atoms with Crippen LogP contribution < -0.4 is 11.1 Å². The van der Waals surface area contributed by atoms with Crippen molar-refractivity contribution in [3.63, 3.8) is 0 Å². The molecule has 0 heterocycles. The number of amides is 1. The Morgan fingerprint density at radius 1 is 1.44 bits per heavy atom. The fourth-order valence-corrected chi connectivity index (χ4v) is 2.20. The third kappa shape index (κ3) is 3.29. The van der Waals surface area contributed by atoms with Gasteiger partial charge in [0.05, 0.1) is 11.6 Å². The molecule has 1 atom stereocenters. The number of carbonyl (C=O) groups excluding carboxylic acids is 1. The molecule has 0 saturated heterocycles. The van der Waals surface area contributed by atoms with Gasteiger partial charge in [-0.1, -0.05) is 29.3 Å². The summed E-state index contributed by atoms with van der Waals surface area (Å²) in [4.78, 5) is 11.8. The molecule has 1 aliphatic rings. The molecule has 1 aromatic rings. The molecule has 1 fully saturated rings. The zero-order valence-electron chi connectivity index (χ0n) is 9.87. The van der Waals surface area contributed by atoms with Crippen LogP contribution in [-0.4, -0.2) is 11.4 Å². The molecule has 1 aliphatic carbocycles. The second-order valence-electron chi connectivity index (χ2n) is 4.52. The van der Waals surface area contributed by atoms with Gasteiger partial charge in [-0.05, 0) is 37.5 Å². The summed E-state index contributed by atoms with van der Waals surface area (Å²) >= 11 is 11.9. The fraction of sp³-hybridized carbons (Fsp3) is 0.417. The van der Waals surface area contributed by atoms with Gasteiger partial charge in [-0.25, -0.2) is 0 Å². The predicted octanol–water partition coefficient (Wildman–Crippen LogP) is 3.08. The third-order valence-electron chi connectivity index (χ3n) is 3.02. The molecule has 0 radical (unpaired) electrons. The van der Waals surface area contributed by atoms with Crippen LogP contribution in [0.1, 0.15) is 31.4 Å². The number of hydrogen-bond acceptors (Lipinski definition) is 2. The minimum absolute atomic E-state index is 0. The van der Waals surface area contributed by atoms with Crippen LogP contribution in [0.15, 0.2) is 18.2 Å². The Kier molecular flexibility index (Phi) is 4.90. The highest BCUT2D eigenvalue weighted by Gasteiger charge is 2.46. The second kappa shape index (κ2) is 5.66. The lowest BCUT2D eigenvalue weighted by Gasteiger charge is -2.18. The van der Waals surface area contributed by atoms with E-state index in [9.17, 15) is 4.79 Å². The standard InChI is InChI=1S/C12H14Cl2N2O.ClH/c1-7(16-11(17)12(15)4-5-12)9-3-2-8(13)6-10(9)14;/h2-3,6-7H,4-5,15H2,1H3,(H,16,17);1H. The number of rotatable bonds is 3. The van der Waals surface area contributed by atoms with E-state index in [2.05, 4.69) is 5.32 Å². The first-order valence-corrected chi connectivity index (χ1v) is 6.23. The van der Waals surface area contributed by atoms with E-state index in [0.717, 1.165) is 18.4 Å². The zero-order chi connectivity index (χ0) is 12.6. The first-order valence-electron chi connectivity index (χ1n) is 5.47. The predicted molar refractivity (Wildman–Crippen MR) is 76.4 cm³/mol. The van der Waals surface area contributed by atoms with Crippen molar-refractivity contribution in [1.29, 1.82) is 0 Å². The van der Waals surface area contributed by atoms with Gasteiger partial charge in [-0.3, -0.25) is 4.79 Å². The summed E-state index contributed by atoms with van der Waals surface area (Å²) < 4.78 is 0. The lowest BCUT2D eigenvalue weighted by atomic mass is 10.1. The molecule has 0 spiro atoms. The third-order valence-corrected chi connectivity index (χ3v) is 3.58. The van der Waals surface area contributed by atoms with Crippen molar-refractivity contribution in [2.45, 2.75) is 31.3 Å². The summed E-state index contributed by atoms with van der Waals surface area (Å²) in [6.07, 6.45) is 1.50. The van der Waals surface area contributed by atoms with Crippen molar-refractivity contribution in [1.82, 2.24) is 5.32 Å². The topological polar surface area (TPSA) is 55.1 Å². The van der Waals surface area contributed by atoms with E-state index in [0.29, 0.717) is 10.0 Å². The molecule has 100 valence electrons. The van der Waals surface area contributed by atoms with Gasteiger partial charge in [0.25, 0.3) is 0 Å². The molecule has 0 bridgehead atoms. The van der Waals surface area contributed by atoms with E-state index in [1.165, 1.54) is 0 Å². The first-order chi connectivity index (χ1) is 7.92. The average molecular weight is 310 g/mol. The van der Waals surface area contributed by atoms with Gasteiger partial charge in [-0.2, -0.15) is 0 Å². The Hall–Kier alpha value is -0.480. The maximum absolute atomic E-state index is 11.8. The molecule has 0 aromatic heterocycles. The highest BCUT2D eigenvalue weighted by Crippen LogP contribution is 2.33. The molecule has 2 rings (SSSR count). The van der Waals surface area contributed by atoms with E-state index in [1.807, 2.05) is 13.0 Å². The molecule has 1 aromatic carbocycles. The summed E-state index contributed by atoms with van der Waals surface area (Å²) in [5, 5.41) is 3.99. The first kappa shape index (κ1) is 15.6. The van der Waals surface area contributed by atoms with Crippen molar-refractivity contribution in [2.24, 2.45) is 5.73 Å². The van der Waals surface area contributed by atoms with E-state index >= 15 is 0 Å². The molecule has 3 nitrogen and oxygen atoms in total. The van der Waals surface area contributed by atoms with Crippen molar-refractivity contribution < 1.29 is 4.79 Å².